The van der Waals surface area contributed by atoms with Gasteiger partial charge in [0.05, 0.1) is 11.4 Å². The Hall–Kier alpha value is -4.40. The van der Waals surface area contributed by atoms with Gasteiger partial charge in [-0.2, -0.15) is 5.10 Å². The lowest BCUT2D eigenvalue weighted by Crippen LogP contribution is -2.14. The average molecular weight is 643 g/mol. The molecule has 0 spiro atoms. The van der Waals surface area contributed by atoms with Gasteiger partial charge in [-0.3, -0.25) is 0 Å². The number of rotatable bonds is 9. The summed E-state index contributed by atoms with van der Waals surface area (Å²) in [5.41, 5.74) is 2.01. The van der Waals surface area contributed by atoms with Gasteiger partial charge in [0.25, 0.3) is 0 Å². The molecule has 3 aromatic carbocycles. The number of hydrogen-bond acceptors (Lipinski definition) is 6. The van der Waals surface area contributed by atoms with Gasteiger partial charge in [0, 0.05) is 34.6 Å². The van der Waals surface area contributed by atoms with E-state index in [1.165, 1.54) is 28.3 Å². The number of thiazole rings is 1. The minimum absolute atomic E-state index is 0.0345. The quantitative estimate of drug-likeness (QED) is 0.187. The summed E-state index contributed by atoms with van der Waals surface area (Å²) in [5.74, 6) is -4.46. The van der Waals surface area contributed by atoms with Crippen molar-refractivity contribution in [3.8, 4) is 27.5 Å². The van der Waals surface area contributed by atoms with E-state index in [2.05, 4.69) is 4.98 Å². The predicted molar refractivity (Wildman–Crippen MR) is 154 cm³/mol. The molecule has 5 aromatic rings. The first-order chi connectivity index (χ1) is 20.9. The fourth-order valence-corrected chi connectivity index (χ4v) is 6.38. The standard InChI is InChI=1S/C30H22F4N4O4S2/c31-19-10-18(11-20(32)13-19)21-12-17(4-5-23(21)33)28-22(7-16-3-6-27(24(34)8-16)44(35,41)42)26(9-15-1-2-15)38(37-28)30-36-25(14-43-30)29(39)40/h3-6,8,10-15H,1-2,7,9H2,(H,39,40)(H2,35,41,42). The molecule has 0 atom stereocenters. The van der Waals surface area contributed by atoms with Gasteiger partial charge in [-0.15, -0.1) is 11.3 Å². The number of nitrogens with zero attached hydrogens (tertiary/aromatic N) is 3. The van der Waals surface area contributed by atoms with Crippen LogP contribution in [-0.2, 0) is 22.9 Å². The Labute approximate surface area is 252 Å². The highest BCUT2D eigenvalue weighted by molar-refractivity contribution is 7.89. The molecule has 0 unspecified atom stereocenters. The first kappa shape index (κ1) is 29.7. The summed E-state index contributed by atoms with van der Waals surface area (Å²) in [4.78, 5) is 15.1. The SMILES string of the molecule is NS(=O)(=O)c1ccc(Cc2c(-c3ccc(F)c(-c4cc(F)cc(F)c4)c3)nn(-c3nc(C(=O)O)cs3)c2CC2CC2)cc1F. The zero-order valence-electron chi connectivity index (χ0n) is 22.6. The van der Waals surface area contributed by atoms with Crippen LogP contribution >= 0.6 is 11.3 Å². The molecule has 0 aliphatic heterocycles. The van der Waals surface area contributed by atoms with Crippen LogP contribution in [0.15, 0.2) is 64.9 Å². The van der Waals surface area contributed by atoms with E-state index in [1.807, 2.05) is 0 Å². The summed E-state index contributed by atoms with van der Waals surface area (Å²) in [6, 6.07) is 10.2. The third-order valence-corrected chi connectivity index (χ3v) is 9.02. The molecule has 226 valence electrons. The van der Waals surface area contributed by atoms with Crippen LogP contribution in [0, 0.1) is 29.2 Å². The van der Waals surface area contributed by atoms with E-state index < -0.39 is 44.2 Å². The van der Waals surface area contributed by atoms with Crippen molar-refractivity contribution >= 4 is 27.3 Å². The number of carboxylic acid groups (broad SMARTS) is 1. The fraction of sp³-hybridized carbons (Fsp3) is 0.167. The zero-order chi connectivity index (χ0) is 31.3. The van der Waals surface area contributed by atoms with Crippen LogP contribution in [0.5, 0.6) is 0 Å². The molecule has 2 aromatic heterocycles. The summed E-state index contributed by atoms with van der Waals surface area (Å²) in [5, 5.41) is 21.0. The lowest BCUT2D eigenvalue weighted by molar-refractivity contribution is 0.0691. The van der Waals surface area contributed by atoms with Crippen LogP contribution in [-0.4, -0.2) is 34.3 Å². The highest BCUT2D eigenvalue weighted by atomic mass is 32.2. The van der Waals surface area contributed by atoms with Crippen LogP contribution in [0.2, 0.25) is 0 Å². The Morgan fingerprint density at radius 1 is 0.977 bits per heavy atom. The van der Waals surface area contributed by atoms with Crippen molar-refractivity contribution < 1.29 is 35.9 Å². The Kier molecular flexibility index (Phi) is 7.59. The summed E-state index contributed by atoms with van der Waals surface area (Å²) in [7, 11) is -4.30. The van der Waals surface area contributed by atoms with Crippen LogP contribution in [0.3, 0.4) is 0 Å². The van der Waals surface area contributed by atoms with E-state index in [9.17, 15) is 31.5 Å². The van der Waals surface area contributed by atoms with Crippen LogP contribution in [0.25, 0.3) is 27.5 Å². The lowest BCUT2D eigenvalue weighted by atomic mass is 9.95. The van der Waals surface area contributed by atoms with Crippen molar-refractivity contribution in [3.63, 3.8) is 0 Å². The Morgan fingerprint density at radius 3 is 2.32 bits per heavy atom. The van der Waals surface area contributed by atoms with E-state index in [0.29, 0.717) is 46.5 Å². The van der Waals surface area contributed by atoms with Gasteiger partial charge in [-0.25, -0.2) is 45.6 Å². The highest BCUT2D eigenvalue weighted by Gasteiger charge is 2.30. The summed E-state index contributed by atoms with van der Waals surface area (Å²) in [6.07, 6.45) is 2.46. The highest BCUT2D eigenvalue weighted by Crippen LogP contribution is 2.39. The number of benzene rings is 3. The maximum Gasteiger partial charge on any atom is 0.355 e. The van der Waals surface area contributed by atoms with Gasteiger partial charge in [-0.05, 0) is 78.8 Å². The summed E-state index contributed by atoms with van der Waals surface area (Å²) in [6.45, 7) is 0. The first-order valence-electron chi connectivity index (χ1n) is 13.2. The number of nitrogens with two attached hydrogens (primary N) is 1. The third kappa shape index (κ3) is 6.00. The minimum atomic E-state index is -4.30. The van der Waals surface area contributed by atoms with Crippen molar-refractivity contribution in [1.82, 2.24) is 14.8 Å². The molecule has 1 saturated carbocycles. The molecule has 6 rings (SSSR count). The number of sulfonamides is 1. The predicted octanol–water partition coefficient (Wildman–Crippen LogP) is 6.11. The van der Waals surface area contributed by atoms with Gasteiger partial charge >= 0.3 is 5.97 Å². The number of aromatic nitrogens is 3. The van der Waals surface area contributed by atoms with Gasteiger partial charge in [0.15, 0.2) is 5.69 Å². The van der Waals surface area contributed by atoms with E-state index >= 15 is 4.39 Å². The second-order valence-electron chi connectivity index (χ2n) is 10.5. The van der Waals surface area contributed by atoms with Crippen molar-refractivity contribution in [2.24, 2.45) is 11.1 Å². The molecule has 3 N–H and O–H groups in total. The Balaban J connectivity index is 1.55. The minimum Gasteiger partial charge on any atom is -0.476 e. The molecular formula is C30H22F4N4O4S2. The topological polar surface area (TPSA) is 128 Å². The molecule has 8 nitrogen and oxygen atoms in total. The molecule has 44 heavy (non-hydrogen) atoms. The number of halogens is 4. The maximum atomic E-state index is 15.0. The molecule has 1 fully saturated rings. The monoisotopic (exact) mass is 642 g/mol. The molecular weight excluding hydrogens is 620 g/mol. The van der Waals surface area contributed by atoms with Crippen LogP contribution in [0.1, 0.15) is 40.2 Å². The smallest absolute Gasteiger partial charge is 0.355 e. The second kappa shape index (κ2) is 11.3. The molecule has 0 saturated heterocycles. The van der Waals surface area contributed by atoms with Gasteiger partial charge in [0.1, 0.15) is 28.2 Å². The van der Waals surface area contributed by atoms with Crippen molar-refractivity contribution in [3.05, 3.63) is 106 Å². The molecule has 2 heterocycles. The van der Waals surface area contributed by atoms with E-state index in [1.54, 1.807) is 0 Å². The molecule has 0 bridgehead atoms. The molecule has 1 aliphatic rings. The van der Waals surface area contributed by atoms with Crippen molar-refractivity contribution in [1.29, 1.82) is 0 Å². The lowest BCUT2D eigenvalue weighted by Gasteiger charge is -2.11. The largest absolute Gasteiger partial charge is 0.476 e. The van der Waals surface area contributed by atoms with Crippen LogP contribution < -0.4 is 5.14 Å². The fourth-order valence-electron chi connectivity index (χ4n) is 5.02. The first-order valence-corrected chi connectivity index (χ1v) is 15.7. The average Bonchev–Trinajstić information content (AvgIpc) is 3.50. The number of carboxylic acids is 1. The van der Waals surface area contributed by atoms with Gasteiger partial charge in [-0.1, -0.05) is 6.07 Å². The van der Waals surface area contributed by atoms with Crippen LogP contribution in [0.4, 0.5) is 17.6 Å². The summed E-state index contributed by atoms with van der Waals surface area (Å²) >= 11 is 1.05. The Morgan fingerprint density at radius 2 is 1.70 bits per heavy atom. The van der Waals surface area contributed by atoms with Crippen molar-refractivity contribution in [2.75, 3.05) is 0 Å². The van der Waals surface area contributed by atoms with Gasteiger partial charge < -0.3 is 5.11 Å². The summed E-state index contributed by atoms with van der Waals surface area (Å²) < 4.78 is 83.0. The van der Waals surface area contributed by atoms with Crippen molar-refractivity contribution in [2.45, 2.75) is 30.6 Å². The maximum absolute atomic E-state index is 15.0. The number of hydrogen-bond donors (Lipinski definition) is 2. The Bertz CT molecular complexity index is 2040. The van der Waals surface area contributed by atoms with E-state index in [-0.39, 0.29) is 28.4 Å². The molecule has 0 radical (unpaired) electrons. The molecule has 1 aliphatic carbocycles. The number of primary sulfonamides is 1. The third-order valence-electron chi connectivity index (χ3n) is 7.26. The zero-order valence-corrected chi connectivity index (χ0v) is 24.2. The molecule has 14 heteroatoms. The number of aromatic carboxylic acids is 1. The van der Waals surface area contributed by atoms with E-state index in [0.717, 1.165) is 54.5 Å². The second-order valence-corrected chi connectivity index (χ2v) is 12.9. The van der Waals surface area contributed by atoms with Gasteiger partial charge in [0.2, 0.25) is 15.2 Å². The number of carbonyl (C=O) groups is 1. The molecule has 0 amide bonds. The normalized spacial score (nSPS) is 13.4. The van der Waals surface area contributed by atoms with E-state index in [4.69, 9.17) is 10.2 Å².